The molecule has 1 aromatic rings. The zero-order valence-corrected chi connectivity index (χ0v) is 13.8. The number of rotatable bonds is 6. The number of carbonyl (C=O) groups excluding carboxylic acids is 2. The fourth-order valence-electron chi connectivity index (χ4n) is 2.80. The van der Waals surface area contributed by atoms with Gasteiger partial charge in [-0.1, -0.05) is 26.0 Å². The number of likely N-dealkylation sites (tertiary alicyclic amines) is 1. The molecule has 0 bridgehead atoms. The van der Waals surface area contributed by atoms with Crippen molar-refractivity contribution in [3.05, 3.63) is 35.6 Å². The number of hydrogen-bond acceptors (Lipinski definition) is 3. The van der Waals surface area contributed by atoms with Crippen LogP contribution in [0, 0.1) is 11.7 Å². The van der Waals surface area contributed by atoms with Crippen molar-refractivity contribution < 1.29 is 18.7 Å². The highest BCUT2D eigenvalue weighted by atomic mass is 19.1. The largest absolute Gasteiger partial charge is 0.464 e. The molecule has 1 fully saturated rings. The van der Waals surface area contributed by atoms with Gasteiger partial charge < -0.3 is 9.64 Å². The highest BCUT2D eigenvalue weighted by molar-refractivity contribution is 5.97. The maximum atomic E-state index is 13.8. The number of ether oxygens (including phenoxy) is 1. The van der Waals surface area contributed by atoms with Crippen LogP contribution in [0.3, 0.4) is 0 Å². The lowest BCUT2D eigenvalue weighted by molar-refractivity contribution is -0.148. The first-order valence-electron chi connectivity index (χ1n) is 8.23. The highest BCUT2D eigenvalue weighted by Crippen LogP contribution is 2.22. The van der Waals surface area contributed by atoms with Gasteiger partial charge in [0.15, 0.2) is 0 Å². The first-order chi connectivity index (χ1) is 11.0. The molecule has 0 saturated carbocycles. The maximum Gasteiger partial charge on any atom is 0.328 e. The van der Waals surface area contributed by atoms with Crippen LogP contribution in [0.4, 0.5) is 4.39 Å². The van der Waals surface area contributed by atoms with Gasteiger partial charge in [-0.3, -0.25) is 4.79 Å². The Balaban J connectivity index is 1.95. The van der Waals surface area contributed by atoms with Crippen LogP contribution in [-0.4, -0.2) is 36.0 Å². The Labute approximate surface area is 136 Å². The number of esters is 1. The van der Waals surface area contributed by atoms with Crippen LogP contribution in [0.25, 0.3) is 0 Å². The smallest absolute Gasteiger partial charge is 0.328 e. The summed E-state index contributed by atoms with van der Waals surface area (Å²) in [6, 6.07) is 5.26. The molecule has 2 rings (SSSR count). The predicted molar refractivity (Wildman–Crippen MR) is 85.5 cm³/mol. The van der Waals surface area contributed by atoms with E-state index in [0.29, 0.717) is 25.5 Å². The minimum absolute atomic E-state index is 0.00649. The van der Waals surface area contributed by atoms with E-state index in [1.165, 1.54) is 23.1 Å². The van der Waals surface area contributed by atoms with Crippen LogP contribution in [0.15, 0.2) is 24.3 Å². The van der Waals surface area contributed by atoms with Crippen LogP contribution < -0.4 is 0 Å². The van der Waals surface area contributed by atoms with Gasteiger partial charge >= 0.3 is 5.97 Å². The lowest BCUT2D eigenvalue weighted by Gasteiger charge is -2.23. The molecule has 1 amide bonds. The molecule has 0 spiro atoms. The monoisotopic (exact) mass is 321 g/mol. The van der Waals surface area contributed by atoms with E-state index in [-0.39, 0.29) is 11.5 Å². The molecule has 23 heavy (non-hydrogen) atoms. The van der Waals surface area contributed by atoms with E-state index in [9.17, 15) is 14.0 Å². The molecular formula is C18H24FNO3. The van der Waals surface area contributed by atoms with E-state index in [0.717, 1.165) is 19.3 Å². The Morgan fingerprint density at radius 3 is 2.78 bits per heavy atom. The first-order valence-corrected chi connectivity index (χ1v) is 8.23. The first kappa shape index (κ1) is 17.4. The van der Waals surface area contributed by atoms with E-state index in [1.807, 2.05) is 0 Å². The molecule has 0 N–H and O–H groups in total. The van der Waals surface area contributed by atoms with Gasteiger partial charge in [-0.2, -0.15) is 0 Å². The molecular weight excluding hydrogens is 297 g/mol. The minimum Gasteiger partial charge on any atom is -0.464 e. The minimum atomic E-state index is -0.596. The van der Waals surface area contributed by atoms with Crippen molar-refractivity contribution in [1.29, 1.82) is 0 Å². The maximum absolute atomic E-state index is 13.8. The Bertz CT molecular complexity index is 559. The van der Waals surface area contributed by atoms with Gasteiger partial charge in [0, 0.05) is 6.54 Å². The lowest BCUT2D eigenvalue weighted by Crippen LogP contribution is -2.41. The third-order valence-corrected chi connectivity index (χ3v) is 4.06. The normalized spacial score (nSPS) is 17.6. The van der Waals surface area contributed by atoms with Crippen molar-refractivity contribution >= 4 is 11.9 Å². The number of amides is 1. The fourth-order valence-corrected chi connectivity index (χ4v) is 2.80. The number of benzene rings is 1. The van der Waals surface area contributed by atoms with Crippen LogP contribution in [-0.2, 0) is 9.53 Å². The Hall–Kier alpha value is -1.91. The van der Waals surface area contributed by atoms with E-state index in [1.54, 1.807) is 6.07 Å². The molecule has 1 atom stereocenters. The van der Waals surface area contributed by atoms with Crippen LogP contribution in [0.2, 0.25) is 0 Å². The summed E-state index contributed by atoms with van der Waals surface area (Å²) in [6.07, 6.45) is 3.11. The molecule has 0 aromatic heterocycles. The summed E-state index contributed by atoms with van der Waals surface area (Å²) < 4.78 is 19.1. The van der Waals surface area contributed by atoms with Crippen LogP contribution in [0.5, 0.6) is 0 Å². The molecule has 1 aliphatic rings. The second-order valence-electron chi connectivity index (χ2n) is 6.34. The van der Waals surface area contributed by atoms with Crippen LogP contribution >= 0.6 is 0 Å². The third-order valence-electron chi connectivity index (χ3n) is 4.06. The van der Waals surface area contributed by atoms with Crippen LogP contribution in [0.1, 0.15) is 49.9 Å². The average molecular weight is 321 g/mol. The SMILES string of the molecule is CC(C)CCCOC(=O)C1CCCN1C(=O)c1ccccc1F. The van der Waals surface area contributed by atoms with Gasteiger partial charge in [-0.25, -0.2) is 9.18 Å². The molecule has 5 heteroatoms. The third kappa shape index (κ3) is 4.53. The van der Waals surface area contributed by atoms with Gasteiger partial charge in [-0.15, -0.1) is 0 Å². The standard InChI is InChI=1S/C18H24FNO3/c1-13(2)7-6-12-23-18(22)16-10-5-11-20(16)17(21)14-8-3-4-9-15(14)19/h3-4,8-9,13,16H,5-7,10-12H2,1-2H3. The quantitative estimate of drug-likeness (QED) is 0.596. The van der Waals surface area contributed by atoms with Crippen molar-refractivity contribution in [3.63, 3.8) is 0 Å². The molecule has 126 valence electrons. The molecule has 0 radical (unpaired) electrons. The fraction of sp³-hybridized carbons (Fsp3) is 0.556. The van der Waals surface area contributed by atoms with Gasteiger partial charge in [0.25, 0.3) is 5.91 Å². The van der Waals surface area contributed by atoms with Crippen molar-refractivity contribution in [2.24, 2.45) is 5.92 Å². The molecule has 1 aliphatic heterocycles. The van der Waals surface area contributed by atoms with Gasteiger partial charge in [0.05, 0.1) is 12.2 Å². The van der Waals surface area contributed by atoms with Gasteiger partial charge in [-0.05, 0) is 43.7 Å². The van der Waals surface area contributed by atoms with Gasteiger partial charge in [0.2, 0.25) is 0 Å². The van der Waals surface area contributed by atoms with Crippen molar-refractivity contribution in [1.82, 2.24) is 4.90 Å². The summed E-state index contributed by atoms with van der Waals surface area (Å²) in [7, 11) is 0. The number of hydrogen-bond donors (Lipinski definition) is 0. The van der Waals surface area contributed by atoms with E-state index in [4.69, 9.17) is 4.74 Å². The highest BCUT2D eigenvalue weighted by Gasteiger charge is 2.36. The number of carbonyl (C=O) groups is 2. The van der Waals surface area contributed by atoms with Gasteiger partial charge in [0.1, 0.15) is 11.9 Å². The molecule has 1 heterocycles. The molecule has 0 aliphatic carbocycles. The van der Waals surface area contributed by atoms with Crippen molar-refractivity contribution in [3.8, 4) is 0 Å². The summed E-state index contributed by atoms with van der Waals surface area (Å²) in [5, 5.41) is 0. The Kier molecular flexibility index (Phi) is 6.13. The Morgan fingerprint density at radius 2 is 2.09 bits per heavy atom. The summed E-state index contributed by atoms with van der Waals surface area (Å²) >= 11 is 0. The zero-order chi connectivity index (χ0) is 16.8. The molecule has 1 saturated heterocycles. The second-order valence-corrected chi connectivity index (χ2v) is 6.34. The van der Waals surface area contributed by atoms with Crippen molar-refractivity contribution in [2.45, 2.75) is 45.6 Å². The Morgan fingerprint density at radius 1 is 1.35 bits per heavy atom. The van der Waals surface area contributed by atoms with E-state index < -0.39 is 17.8 Å². The lowest BCUT2D eigenvalue weighted by atomic mass is 10.1. The summed E-state index contributed by atoms with van der Waals surface area (Å²) in [4.78, 5) is 26.1. The predicted octanol–water partition coefficient (Wildman–Crippen LogP) is 3.41. The number of nitrogens with zero attached hydrogens (tertiary/aromatic N) is 1. The summed E-state index contributed by atoms with van der Waals surface area (Å²) in [6.45, 7) is 5.06. The average Bonchev–Trinajstić information content (AvgIpc) is 3.00. The molecule has 4 nitrogen and oxygen atoms in total. The topological polar surface area (TPSA) is 46.6 Å². The van der Waals surface area contributed by atoms with E-state index in [2.05, 4.69) is 13.8 Å². The van der Waals surface area contributed by atoms with E-state index >= 15 is 0 Å². The second kappa shape index (κ2) is 8.09. The summed E-state index contributed by atoms with van der Waals surface area (Å²) in [5.74, 6) is -0.812. The zero-order valence-electron chi connectivity index (χ0n) is 13.8. The molecule has 1 unspecified atom stereocenters. The molecule has 1 aromatic carbocycles. The summed E-state index contributed by atoms with van der Waals surface area (Å²) in [5.41, 5.74) is 0.00649. The van der Waals surface area contributed by atoms with Crippen molar-refractivity contribution in [2.75, 3.05) is 13.2 Å². The number of halogens is 1.